The number of nitrogens with zero attached hydrogens (tertiary/aromatic N) is 2. The summed E-state index contributed by atoms with van der Waals surface area (Å²) < 4.78 is 20.6. The molecule has 0 unspecified atom stereocenters. The van der Waals surface area contributed by atoms with Crippen LogP contribution in [0.25, 0.3) is 0 Å². The fourth-order valence-electron chi connectivity index (χ4n) is 1.72. The number of ether oxygens (including phenoxy) is 1. The summed E-state index contributed by atoms with van der Waals surface area (Å²) in [6.45, 7) is 3.09. The number of aryl methyl sites for hydroxylation is 1. The van der Waals surface area contributed by atoms with Crippen molar-refractivity contribution < 1.29 is 9.13 Å². The summed E-state index contributed by atoms with van der Waals surface area (Å²) in [4.78, 5) is 4.32. The van der Waals surface area contributed by atoms with E-state index in [-0.39, 0.29) is 0 Å². The van der Waals surface area contributed by atoms with Crippen LogP contribution in [0.2, 0.25) is 5.02 Å². The number of anilines is 2. The molecule has 6 heteroatoms. The van der Waals surface area contributed by atoms with Gasteiger partial charge in [0.25, 0.3) is 0 Å². The van der Waals surface area contributed by atoms with Crippen molar-refractivity contribution in [2.45, 2.75) is 13.5 Å². The number of benzene rings is 1. The second-order valence-corrected chi connectivity index (χ2v) is 4.58. The van der Waals surface area contributed by atoms with Gasteiger partial charge in [-0.1, -0.05) is 11.6 Å². The van der Waals surface area contributed by atoms with Crippen molar-refractivity contribution in [3.63, 3.8) is 0 Å². The molecule has 0 amide bonds. The lowest BCUT2D eigenvalue weighted by Crippen LogP contribution is -2.07. The fraction of sp³-hybridized carbons (Fsp3) is 0.308. The molecule has 0 bridgehead atoms. The van der Waals surface area contributed by atoms with Gasteiger partial charge >= 0.3 is 0 Å². The van der Waals surface area contributed by atoms with Gasteiger partial charge in [0.2, 0.25) is 5.95 Å². The van der Waals surface area contributed by atoms with Gasteiger partial charge in [-0.2, -0.15) is 0 Å². The van der Waals surface area contributed by atoms with Crippen LogP contribution in [0.4, 0.5) is 16.0 Å². The van der Waals surface area contributed by atoms with E-state index >= 15 is 0 Å². The monoisotopic (exact) mass is 283 g/mol. The first kappa shape index (κ1) is 13.8. The topological polar surface area (TPSA) is 39.1 Å². The van der Waals surface area contributed by atoms with Gasteiger partial charge in [-0.15, -0.1) is 0 Å². The standard InChI is InChI=1S/C13H15ClFN3O/c1-9-8-18(5-6-19-2)13(16-9)17-12-4-3-10(14)7-11(12)15/h3-4,7-8H,5-6H2,1-2H3,(H,16,17). The molecule has 0 saturated heterocycles. The molecule has 0 aliphatic carbocycles. The van der Waals surface area contributed by atoms with Crippen LogP contribution in [0.5, 0.6) is 0 Å². The number of nitrogens with one attached hydrogen (secondary N) is 1. The minimum atomic E-state index is -0.411. The Bertz CT molecular complexity index is 571. The molecule has 0 aliphatic heterocycles. The first-order valence-corrected chi connectivity index (χ1v) is 6.22. The zero-order valence-corrected chi connectivity index (χ0v) is 11.5. The Balaban J connectivity index is 2.22. The van der Waals surface area contributed by atoms with Crippen LogP contribution in [0, 0.1) is 12.7 Å². The normalized spacial score (nSPS) is 10.7. The molecule has 0 saturated carbocycles. The van der Waals surface area contributed by atoms with Gasteiger partial charge in [0.05, 0.1) is 18.0 Å². The highest BCUT2D eigenvalue weighted by atomic mass is 35.5. The van der Waals surface area contributed by atoms with Gasteiger partial charge in [-0.05, 0) is 25.1 Å². The molecule has 102 valence electrons. The molecule has 0 spiro atoms. The molecule has 1 aromatic heterocycles. The third-order valence-electron chi connectivity index (χ3n) is 2.61. The predicted molar refractivity (Wildman–Crippen MR) is 73.5 cm³/mol. The minimum Gasteiger partial charge on any atom is -0.383 e. The summed E-state index contributed by atoms with van der Waals surface area (Å²) >= 11 is 5.72. The Kier molecular flexibility index (Phi) is 4.39. The van der Waals surface area contributed by atoms with Crippen LogP contribution < -0.4 is 5.32 Å². The molecule has 0 radical (unpaired) electrons. The molecule has 19 heavy (non-hydrogen) atoms. The van der Waals surface area contributed by atoms with E-state index in [9.17, 15) is 4.39 Å². The van der Waals surface area contributed by atoms with Crippen molar-refractivity contribution in [3.8, 4) is 0 Å². The van der Waals surface area contributed by atoms with Gasteiger partial charge in [0, 0.05) is 24.9 Å². The van der Waals surface area contributed by atoms with E-state index in [1.54, 1.807) is 19.2 Å². The maximum absolute atomic E-state index is 13.7. The molecule has 1 N–H and O–H groups in total. The van der Waals surface area contributed by atoms with Crippen molar-refractivity contribution in [2.75, 3.05) is 19.0 Å². The van der Waals surface area contributed by atoms with E-state index in [1.165, 1.54) is 6.07 Å². The largest absolute Gasteiger partial charge is 0.383 e. The SMILES string of the molecule is COCCn1cc(C)nc1Nc1ccc(Cl)cc1F. The van der Waals surface area contributed by atoms with Crippen LogP contribution in [0.1, 0.15) is 5.69 Å². The van der Waals surface area contributed by atoms with Gasteiger partial charge < -0.3 is 14.6 Å². The molecular formula is C13H15ClFN3O. The second kappa shape index (κ2) is 6.04. The fourth-order valence-corrected chi connectivity index (χ4v) is 1.88. The van der Waals surface area contributed by atoms with Crippen molar-refractivity contribution in [2.24, 2.45) is 0 Å². The third kappa shape index (κ3) is 3.45. The van der Waals surface area contributed by atoms with Crippen LogP contribution in [0.3, 0.4) is 0 Å². The summed E-state index contributed by atoms with van der Waals surface area (Å²) in [6, 6.07) is 4.48. The molecule has 2 aromatic rings. The molecule has 2 rings (SSSR count). The average molecular weight is 284 g/mol. The summed E-state index contributed by atoms with van der Waals surface area (Å²) in [5.41, 5.74) is 1.20. The van der Waals surface area contributed by atoms with E-state index < -0.39 is 5.82 Å². The van der Waals surface area contributed by atoms with E-state index in [4.69, 9.17) is 16.3 Å². The molecule has 1 heterocycles. The highest BCUT2D eigenvalue weighted by molar-refractivity contribution is 6.30. The Morgan fingerprint density at radius 2 is 2.26 bits per heavy atom. The zero-order valence-electron chi connectivity index (χ0n) is 10.8. The lowest BCUT2D eigenvalue weighted by Gasteiger charge is -2.10. The first-order valence-electron chi connectivity index (χ1n) is 5.85. The number of aromatic nitrogens is 2. The Hall–Kier alpha value is -1.59. The lowest BCUT2D eigenvalue weighted by atomic mass is 10.3. The number of methoxy groups -OCH3 is 1. The first-order chi connectivity index (χ1) is 9.10. The maximum atomic E-state index is 13.7. The minimum absolute atomic E-state index is 0.341. The summed E-state index contributed by atoms with van der Waals surface area (Å²) in [5.74, 6) is 0.169. The summed E-state index contributed by atoms with van der Waals surface area (Å²) in [7, 11) is 1.63. The summed E-state index contributed by atoms with van der Waals surface area (Å²) in [5, 5.41) is 3.32. The van der Waals surface area contributed by atoms with Crippen molar-refractivity contribution in [3.05, 3.63) is 40.9 Å². The average Bonchev–Trinajstić information content (AvgIpc) is 2.70. The predicted octanol–water partition coefficient (Wildman–Crippen LogP) is 3.37. The Morgan fingerprint density at radius 1 is 1.47 bits per heavy atom. The molecule has 0 atom stereocenters. The lowest BCUT2D eigenvalue weighted by molar-refractivity contribution is 0.188. The Morgan fingerprint density at radius 3 is 2.95 bits per heavy atom. The Labute approximate surface area is 116 Å². The number of rotatable bonds is 5. The molecule has 4 nitrogen and oxygen atoms in total. The van der Waals surface area contributed by atoms with Crippen LogP contribution in [0.15, 0.2) is 24.4 Å². The zero-order chi connectivity index (χ0) is 13.8. The molecule has 1 aromatic carbocycles. The van der Waals surface area contributed by atoms with Gasteiger partial charge in [-0.3, -0.25) is 0 Å². The molecule has 0 aliphatic rings. The second-order valence-electron chi connectivity index (χ2n) is 4.14. The van der Waals surface area contributed by atoms with Crippen molar-refractivity contribution >= 4 is 23.2 Å². The van der Waals surface area contributed by atoms with Crippen LogP contribution >= 0.6 is 11.6 Å². The van der Waals surface area contributed by atoms with E-state index in [0.29, 0.717) is 29.8 Å². The van der Waals surface area contributed by atoms with Crippen LogP contribution in [-0.2, 0) is 11.3 Å². The van der Waals surface area contributed by atoms with Gasteiger partial charge in [0.1, 0.15) is 5.82 Å². The van der Waals surface area contributed by atoms with Gasteiger partial charge in [-0.25, -0.2) is 9.37 Å². The highest BCUT2D eigenvalue weighted by Crippen LogP contribution is 2.22. The number of imidazole rings is 1. The number of hydrogen-bond donors (Lipinski definition) is 1. The third-order valence-corrected chi connectivity index (χ3v) is 2.85. The van der Waals surface area contributed by atoms with E-state index in [1.807, 2.05) is 17.7 Å². The van der Waals surface area contributed by atoms with Crippen molar-refractivity contribution in [1.29, 1.82) is 0 Å². The van der Waals surface area contributed by atoms with E-state index in [0.717, 1.165) is 5.69 Å². The number of hydrogen-bond acceptors (Lipinski definition) is 3. The number of halogens is 2. The van der Waals surface area contributed by atoms with Crippen LogP contribution in [-0.4, -0.2) is 23.3 Å². The molecule has 0 fully saturated rings. The summed E-state index contributed by atoms with van der Waals surface area (Å²) in [6.07, 6.45) is 1.88. The molecular weight excluding hydrogens is 269 g/mol. The highest BCUT2D eigenvalue weighted by Gasteiger charge is 2.09. The quantitative estimate of drug-likeness (QED) is 0.914. The van der Waals surface area contributed by atoms with Gasteiger partial charge in [0.15, 0.2) is 0 Å². The van der Waals surface area contributed by atoms with Crippen molar-refractivity contribution in [1.82, 2.24) is 9.55 Å². The van der Waals surface area contributed by atoms with E-state index in [2.05, 4.69) is 10.3 Å². The maximum Gasteiger partial charge on any atom is 0.207 e. The smallest absolute Gasteiger partial charge is 0.207 e.